The van der Waals surface area contributed by atoms with Crippen molar-refractivity contribution in [2.24, 2.45) is 5.92 Å². The largest absolute Gasteiger partial charge is 0.397 e. The summed E-state index contributed by atoms with van der Waals surface area (Å²) >= 11 is 1.52. The molecule has 1 aliphatic carbocycles. The molecule has 1 aliphatic rings. The topological polar surface area (TPSA) is 46.3 Å². The highest BCUT2D eigenvalue weighted by Crippen LogP contribution is 2.37. The number of amides is 1. The molecule has 1 aromatic heterocycles. The van der Waals surface area contributed by atoms with E-state index in [0.29, 0.717) is 16.5 Å². The average Bonchev–Trinajstić information content (AvgIpc) is 3.13. The van der Waals surface area contributed by atoms with Crippen LogP contribution in [0.25, 0.3) is 10.1 Å². The van der Waals surface area contributed by atoms with Crippen molar-refractivity contribution in [1.29, 1.82) is 0 Å². The number of carbonyl (C=O) groups is 1. The predicted octanol–water partition coefficient (Wildman–Crippen LogP) is 3.27. The Morgan fingerprint density at radius 3 is 2.84 bits per heavy atom. The summed E-state index contributed by atoms with van der Waals surface area (Å²) in [4.78, 5) is 15.0. The van der Waals surface area contributed by atoms with Gasteiger partial charge in [0, 0.05) is 23.7 Å². The maximum atomic E-state index is 12.5. The van der Waals surface area contributed by atoms with Crippen LogP contribution in [0.15, 0.2) is 18.2 Å². The number of nitrogen functional groups attached to an aromatic ring is 1. The molecular formula is C15H18N2OS. The molecule has 1 heterocycles. The maximum absolute atomic E-state index is 12.5. The number of hydrogen-bond acceptors (Lipinski definition) is 3. The van der Waals surface area contributed by atoms with E-state index in [1.165, 1.54) is 29.7 Å². The van der Waals surface area contributed by atoms with Crippen LogP contribution in [0.4, 0.5) is 5.69 Å². The molecule has 1 saturated carbocycles. The third-order valence-electron chi connectivity index (χ3n) is 3.72. The summed E-state index contributed by atoms with van der Waals surface area (Å²) in [5.41, 5.74) is 7.97. The molecule has 0 saturated heterocycles. The molecule has 0 aliphatic heterocycles. The second-order valence-electron chi connectivity index (χ2n) is 5.43. The standard InChI is InChI=1S/C15H18N2OS/c1-9-4-3-5-11-12(16)14(19-13(9)11)15(18)17(2)8-10-6-7-10/h3-5,10H,6-8,16H2,1-2H3. The number of rotatable bonds is 3. The highest BCUT2D eigenvalue weighted by Gasteiger charge is 2.27. The van der Waals surface area contributed by atoms with Crippen LogP contribution in [0, 0.1) is 12.8 Å². The molecule has 3 rings (SSSR count). The van der Waals surface area contributed by atoms with Gasteiger partial charge in [-0.25, -0.2) is 0 Å². The normalized spacial score (nSPS) is 14.8. The Morgan fingerprint density at radius 2 is 2.21 bits per heavy atom. The van der Waals surface area contributed by atoms with Crippen molar-refractivity contribution in [3.63, 3.8) is 0 Å². The fourth-order valence-corrected chi connectivity index (χ4v) is 3.57. The lowest BCUT2D eigenvalue weighted by molar-refractivity contribution is 0.0794. The molecule has 3 nitrogen and oxygen atoms in total. The van der Waals surface area contributed by atoms with Gasteiger partial charge in [0.15, 0.2) is 0 Å². The van der Waals surface area contributed by atoms with Crippen LogP contribution in [0.1, 0.15) is 28.1 Å². The number of nitrogens with two attached hydrogens (primary N) is 1. The second-order valence-corrected chi connectivity index (χ2v) is 6.45. The quantitative estimate of drug-likeness (QED) is 0.933. The number of thiophene rings is 1. The first-order valence-electron chi connectivity index (χ1n) is 6.61. The summed E-state index contributed by atoms with van der Waals surface area (Å²) in [6.45, 7) is 2.91. The predicted molar refractivity (Wildman–Crippen MR) is 80.7 cm³/mol. The number of fused-ring (bicyclic) bond motifs is 1. The van der Waals surface area contributed by atoms with Crippen LogP contribution >= 0.6 is 11.3 Å². The first kappa shape index (κ1) is 12.5. The highest BCUT2D eigenvalue weighted by atomic mass is 32.1. The van der Waals surface area contributed by atoms with Gasteiger partial charge in [-0.05, 0) is 31.2 Å². The molecule has 0 spiro atoms. The Bertz CT molecular complexity index is 643. The van der Waals surface area contributed by atoms with Gasteiger partial charge >= 0.3 is 0 Å². The Balaban J connectivity index is 1.97. The summed E-state index contributed by atoms with van der Waals surface area (Å²) in [6, 6.07) is 6.04. The minimum atomic E-state index is 0.0602. The van der Waals surface area contributed by atoms with Crippen LogP contribution in [0.2, 0.25) is 0 Å². The van der Waals surface area contributed by atoms with Crippen LogP contribution in [0.3, 0.4) is 0 Å². The molecular weight excluding hydrogens is 256 g/mol. The summed E-state index contributed by atoms with van der Waals surface area (Å²) in [5.74, 6) is 0.760. The van der Waals surface area contributed by atoms with Gasteiger partial charge in [0.2, 0.25) is 0 Å². The number of carbonyl (C=O) groups excluding carboxylic acids is 1. The number of nitrogens with zero attached hydrogens (tertiary/aromatic N) is 1. The number of anilines is 1. The molecule has 1 aromatic carbocycles. The maximum Gasteiger partial charge on any atom is 0.265 e. The molecule has 0 atom stereocenters. The van der Waals surface area contributed by atoms with Gasteiger partial charge in [0.25, 0.3) is 5.91 Å². The molecule has 4 heteroatoms. The lowest BCUT2D eigenvalue weighted by atomic mass is 10.1. The van der Waals surface area contributed by atoms with Gasteiger partial charge < -0.3 is 10.6 Å². The van der Waals surface area contributed by atoms with E-state index in [4.69, 9.17) is 5.73 Å². The van der Waals surface area contributed by atoms with Crippen LogP contribution in [0.5, 0.6) is 0 Å². The Labute approximate surface area is 117 Å². The van der Waals surface area contributed by atoms with Gasteiger partial charge in [0.05, 0.1) is 5.69 Å². The highest BCUT2D eigenvalue weighted by molar-refractivity contribution is 7.21. The first-order valence-corrected chi connectivity index (χ1v) is 7.42. The van der Waals surface area contributed by atoms with E-state index in [-0.39, 0.29) is 5.91 Å². The zero-order chi connectivity index (χ0) is 13.6. The molecule has 100 valence electrons. The smallest absolute Gasteiger partial charge is 0.265 e. The minimum absolute atomic E-state index is 0.0602. The third-order valence-corrected chi connectivity index (χ3v) is 5.07. The molecule has 19 heavy (non-hydrogen) atoms. The van der Waals surface area contributed by atoms with Crippen LogP contribution < -0.4 is 5.73 Å². The lowest BCUT2D eigenvalue weighted by Crippen LogP contribution is -2.28. The van der Waals surface area contributed by atoms with Crippen molar-refractivity contribution in [1.82, 2.24) is 4.90 Å². The SMILES string of the molecule is Cc1cccc2c(N)c(C(=O)N(C)CC3CC3)sc12. The van der Waals surface area contributed by atoms with Gasteiger partial charge in [-0.3, -0.25) is 4.79 Å². The summed E-state index contributed by atoms with van der Waals surface area (Å²) in [5, 5.41) is 1.01. The van der Waals surface area contributed by atoms with Gasteiger partial charge in [-0.1, -0.05) is 18.2 Å². The van der Waals surface area contributed by atoms with Crippen molar-refractivity contribution < 1.29 is 4.79 Å². The molecule has 1 fully saturated rings. The van der Waals surface area contributed by atoms with E-state index in [0.717, 1.165) is 16.6 Å². The van der Waals surface area contributed by atoms with Gasteiger partial charge in [-0.2, -0.15) is 0 Å². The van der Waals surface area contributed by atoms with E-state index in [1.807, 2.05) is 24.1 Å². The molecule has 0 radical (unpaired) electrons. The number of aryl methyl sites for hydroxylation is 1. The monoisotopic (exact) mass is 274 g/mol. The van der Waals surface area contributed by atoms with E-state index in [1.54, 1.807) is 0 Å². The molecule has 2 aromatic rings. The van der Waals surface area contributed by atoms with E-state index in [2.05, 4.69) is 13.0 Å². The van der Waals surface area contributed by atoms with Crippen molar-refractivity contribution in [2.75, 3.05) is 19.3 Å². The Kier molecular flexibility index (Phi) is 2.97. The molecule has 1 amide bonds. The zero-order valence-electron chi connectivity index (χ0n) is 11.3. The summed E-state index contributed by atoms with van der Waals surface area (Å²) in [7, 11) is 1.87. The van der Waals surface area contributed by atoms with E-state index >= 15 is 0 Å². The van der Waals surface area contributed by atoms with Crippen molar-refractivity contribution in [2.45, 2.75) is 19.8 Å². The van der Waals surface area contributed by atoms with E-state index < -0.39 is 0 Å². The lowest BCUT2D eigenvalue weighted by Gasteiger charge is -2.15. The number of hydrogen-bond donors (Lipinski definition) is 1. The van der Waals surface area contributed by atoms with Crippen LogP contribution in [-0.4, -0.2) is 24.4 Å². The first-order chi connectivity index (χ1) is 9.08. The second kappa shape index (κ2) is 4.53. The zero-order valence-corrected chi connectivity index (χ0v) is 12.1. The average molecular weight is 274 g/mol. The van der Waals surface area contributed by atoms with Gasteiger partial charge in [-0.15, -0.1) is 11.3 Å². The van der Waals surface area contributed by atoms with Crippen LogP contribution in [-0.2, 0) is 0 Å². The molecule has 0 bridgehead atoms. The summed E-state index contributed by atoms with van der Waals surface area (Å²) in [6.07, 6.45) is 2.50. The molecule has 2 N–H and O–H groups in total. The Hall–Kier alpha value is -1.55. The minimum Gasteiger partial charge on any atom is -0.397 e. The Morgan fingerprint density at radius 1 is 1.47 bits per heavy atom. The fraction of sp³-hybridized carbons (Fsp3) is 0.400. The van der Waals surface area contributed by atoms with Crippen molar-refractivity contribution in [3.05, 3.63) is 28.6 Å². The molecule has 0 unspecified atom stereocenters. The number of benzene rings is 1. The third kappa shape index (κ3) is 2.21. The van der Waals surface area contributed by atoms with Gasteiger partial charge in [0.1, 0.15) is 4.88 Å². The fourth-order valence-electron chi connectivity index (χ4n) is 2.38. The summed E-state index contributed by atoms with van der Waals surface area (Å²) < 4.78 is 1.13. The van der Waals surface area contributed by atoms with Crippen molar-refractivity contribution >= 4 is 33.0 Å². The van der Waals surface area contributed by atoms with Crippen molar-refractivity contribution in [3.8, 4) is 0 Å². The van der Waals surface area contributed by atoms with E-state index in [9.17, 15) is 4.79 Å².